The largest absolute Gasteiger partial charge is 3.00 e. The van der Waals surface area contributed by atoms with E-state index in [4.69, 9.17) is 25.5 Å². The normalized spacial score (nSPS) is 16.8. The van der Waals surface area contributed by atoms with E-state index in [1.165, 1.54) is 0 Å². The van der Waals surface area contributed by atoms with Gasteiger partial charge in [-0.2, -0.15) is 0 Å². The monoisotopic (exact) mass is 275 g/mol. The van der Waals surface area contributed by atoms with Crippen LogP contribution in [0.4, 0.5) is 4.79 Å². The second kappa shape index (κ2) is 11.7. The van der Waals surface area contributed by atoms with Gasteiger partial charge in [0.2, 0.25) is 0 Å². The molecule has 0 aliphatic heterocycles. The van der Waals surface area contributed by atoms with E-state index in [0.717, 1.165) is 0 Å². The summed E-state index contributed by atoms with van der Waals surface area (Å²) in [5.41, 5.74) is 0. The summed E-state index contributed by atoms with van der Waals surface area (Å²) < 4.78 is 3.83. The first-order valence-electron chi connectivity index (χ1n) is 4.07. The molecule has 4 atom stereocenters. The standard InChI is InChI=1S/C7H14O8.Al.Na/c8-1-3(9)5(11)6(12)4(10)2-15-7(13)14;;/h3-6,8-12H,1-2H2,(H,13,14);;/q;+3;+1/p-1. The second-order valence-corrected chi connectivity index (χ2v) is 2.86. The summed E-state index contributed by atoms with van der Waals surface area (Å²) in [5.74, 6) is 0. The van der Waals surface area contributed by atoms with Crippen molar-refractivity contribution in [3.63, 3.8) is 0 Å². The molecule has 0 saturated carbocycles. The average molecular weight is 275 g/mol. The summed E-state index contributed by atoms with van der Waals surface area (Å²) in [6.45, 7) is -1.62. The Morgan fingerprint density at radius 2 is 1.53 bits per heavy atom. The number of ether oxygens (including phenoxy) is 1. The Balaban J connectivity index is -0.000000980. The molecule has 5 N–H and O–H groups in total. The van der Waals surface area contributed by atoms with Crippen LogP contribution in [-0.4, -0.2) is 86.7 Å². The van der Waals surface area contributed by atoms with Crippen LogP contribution in [0, 0.1) is 0 Å². The average Bonchev–Trinajstić information content (AvgIpc) is 2.22. The Hall–Kier alpha value is 0.602. The summed E-state index contributed by atoms with van der Waals surface area (Å²) in [7, 11) is 0. The molecule has 0 aromatic carbocycles. The molecule has 10 heteroatoms. The van der Waals surface area contributed by atoms with Crippen molar-refractivity contribution >= 4 is 23.5 Å². The summed E-state index contributed by atoms with van der Waals surface area (Å²) in [5, 5.41) is 54.4. The van der Waals surface area contributed by atoms with E-state index in [1.807, 2.05) is 0 Å². The first-order chi connectivity index (χ1) is 6.90. The Morgan fingerprint density at radius 1 is 1.12 bits per heavy atom. The van der Waals surface area contributed by atoms with Crippen molar-refractivity contribution in [1.29, 1.82) is 0 Å². The van der Waals surface area contributed by atoms with Gasteiger partial charge in [-0.1, -0.05) is 0 Å². The Bertz CT molecular complexity index is 206. The summed E-state index contributed by atoms with van der Waals surface area (Å²) in [6.07, 6.45) is -8.91. The molecule has 0 fully saturated rings. The molecule has 0 spiro atoms. The molecule has 0 heterocycles. The predicted octanol–water partition coefficient (Wildman–Crippen LogP) is -7.59. The van der Waals surface area contributed by atoms with Crippen LogP contribution >= 0.6 is 0 Å². The van der Waals surface area contributed by atoms with Crippen LogP contribution in [0.5, 0.6) is 0 Å². The minimum atomic E-state index is -1.89. The van der Waals surface area contributed by atoms with Gasteiger partial charge in [0, 0.05) is 0 Å². The van der Waals surface area contributed by atoms with E-state index in [1.54, 1.807) is 0 Å². The van der Waals surface area contributed by atoms with Gasteiger partial charge in [0.15, 0.2) is 0 Å². The zero-order chi connectivity index (χ0) is 12.0. The molecular formula is C7H13AlNaO8+3. The summed E-state index contributed by atoms with van der Waals surface area (Å²) in [4.78, 5) is 9.81. The number of rotatable bonds is 6. The van der Waals surface area contributed by atoms with Crippen LogP contribution in [0.1, 0.15) is 0 Å². The number of hydrogen-bond acceptors (Lipinski definition) is 8. The number of aliphatic hydroxyl groups is 5. The van der Waals surface area contributed by atoms with Gasteiger partial charge >= 0.3 is 46.9 Å². The van der Waals surface area contributed by atoms with Crippen LogP contribution in [0.15, 0.2) is 0 Å². The summed E-state index contributed by atoms with van der Waals surface area (Å²) >= 11 is 0. The molecule has 0 aromatic rings. The first kappa shape index (κ1) is 22.8. The van der Waals surface area contributed by atoms with Crippen molar-refractivity contribution < 1.29 is 69.7 Å². The fourth-order valence-electron chi connectivity index (χ4n) is 0.815. The molecule has 0 amide bonds. The minimum Gasteiger partial charge on any atom is -0.547 e. The summed E-state index contributed by atoms with van der Waals surface area (Å²) in [6, 6.07) is 0. The maximum atomic E-state index is 9.81. The second-order valence-electron chi connectivity index (χ2n) is 2.86. The fourth-order valence-corrected chi connectivity index (χ4v) is 0.815. The van der Waals surface area contributed by atoms with Crippen LogP contribution in [0.25, 0.3) is 0 Å². The number of carbonyl (C=O) groups excluding carboxylic acids is 1. The van der Waals surface area contributed by atoms with Crippen molar-refractivity contribution in [3.8, 4) is 0 Å². The molecule has 4 unspecified atom stereocenters. The number of carboxylic acid groups (broad SMARTS) is 1. The SMILES string of the molecule is O=C([O-])OCC(O)C(O)C(O)C(O)CO.[Al+3].[Na+]. The van der Waals surface area contributed by atoms with Crippen LogP contribution in [0.3, 0.4) is 0 Å². The van der Waals surface area contributed by atoms with Crippen molar-refractivity contribution in [2.24, 2.45) is 0 Å². The molecule has 0 saturated heterocycles. The van der Waals surface area contributed by atoms with Crippen molar-refractivity contribution in [2.45, 2.75) is 24.4 Å². The maximum Gasteiger partial charge on any atom is 3.00 e. The van der Waals surface area contributed by atoms with Gasteiger partial charge in [-0.15, -0.1) is 0 Å². The molecule has 0 bridgehead atoms. The number of carbonyl (C=O) groups is 1. The molecule has 0 aliphatic rings. The van der Waals surface area contributed by atoms with E-state index in [-0.39, 0.29) is 46.9 Å². The van der Waals surface area contributed by atoms with Gasteiger partial charge in [-0.25, -0.2) is 0 Å². The molecular weight excluding hydrogens is 262 g/mol. The third-order valence-electron chi connectivity index (χ3n) is 1.70. The molecule has 17 heavy (non-hydrogen) atoms. The zero-order valence-electron chi connectivity index (χ0n) is 9.26. The van der Waals surface area contributed by atoms with Gasteiger partial charge in [0.25, 0.3) is 6.16 Å². The zero-order valence-corrected chi connectivity index (χ0v) is 12.4. The van der Waals surface area contributed by atoms with E-state index in [2.05, 4.69) is 4.74 Å². The Labute approximate surface area is 130 Å². The van der Waals surface area contributed by atoms with Gasteiger partial charge in [-0.3, -0.25) is 0 Å². The fraction of sp³-hybridized carbons (Fsp3) is 0.857. The van der Waals surface area contributed by atoms with E-state index < -0.39 is 43.8 Å². The molecule has 0 aliphatic carbocycles. The van der Waals surface area contributed by atoms with Crippen molar-refractivity contribution in [1.82, 2.24) is 0 Å². The van der Waals surface area contributed by atoms with Crippen LogP contribution in [-0.2, 0) is 4.74 Å². The first-order valence-corrected chi connectivity index (χ1v) is 4.07. The van der Waals surface area contributed by atoms with Crippen LogP contribution < -0.4 is 34.7 Å². The van der Waals surface area contributed by atoms with E-state index >= 15 is 0 Å². The smallest absolute Gasteiger partial charge is 0.547 e. The third-order valence-corrected chi connectivity index (χ3v) is 1.70. The molecule has 0 radical (unpaired) electrons. The maximum absolute atomic E-state index is 9.81. The molecule has 0 aromatic heterocycles. The quantitative estimate of drug-likeness (QED) is 0.237. The van der Waals surface area contributed by atoms with Crippen molar-refractivity contribution in [3.05, 3.63) is 0 Å². The van der Waals surface area contributed by atoms with Gasteiger partial charge in [0.1, 0.15) is 18.3 Å². The van der Waals surface area contributed by atoms with E-state index in [9.17, 15) is 9.90 Å². The van der Waals surface area contributed by atoms with Crippen LogP contribution in [0.2, 0.25) is 0 Å². The topological polar surface area (TPSA) is 151 Å². The third kappa shape index (κ3) is 9.21. The predicted molar refractivity (Wildman–Crippen MR) is 48.2 cm³/mol. The van der Waals surface area contributed by atoms with E-state index in [0.29, 0.717) is 0 Å². The number of hydrogen-bond donors (Lipinski definition) is 5. The molecule has 8 nitrogen and oxygen atoms in total. The Morgan fingerprint density at radius 3 is 1.88 bits per heavy atom. The van der Waals surface area contributed by atoms with Gasteiger partial charge in [-0.05, 0) is 0 Å². The Kier molecular flexibility index (Phi) is 15.6. The molecule has 0 rings (SSSR count). The van der Waals surface area contributed by atoms with Gasteiger partial charge < -0.3 is 40.2 Å². The molecule has 90 valence electrons. The minimum absolute atomic E-state index is 0. The van der Waals surface area contributed by atoms with Crippen molar-refractivity contribution in [2.75, 3.05) is 13.2 Å². The van der Waals surface area contributed by atoms with Gasteiger partial charge in [0.05, 0.1) is 19.3 Å². The number of aliphatic hydroxyl groups excluding tert-OH is 5.